The van der Waals surface area contributed by atoms with Gasteiger partial charge in [0.1, 0.15) is 17.9 Å². The quantitative estimate of drug-likeness (QED) is 0.135. The summed E-state index contributed by atoms with van der Waals surface area (Å²) in [6.07, 6.45) is 8.41. The number of esters is 1. The van der Waals surface area contributed by atoms with Gasteiger partial charge in [0.05, 0.1) is 18.6 Å². The van der Waals surface area contributed by atoms with E-state index in [0.29, 0.717) is 42.6 Å². The van der Waals surface area contributed by atoms with Crippen molar-refractivity contribution in [3.63, 3.8) is 0 Å². The number of carbonyl (C=O) groups is 3. The third kappa shape index (κ3) is 8.78. The third-order valence-electron chi connectivity index (χ3n) is 9.67. The molecule has 2 N–H and O–H groups in total. The van der Waals surface area contributed by atoms with Crippen LogP contribution in [0.25, 0.3) is 0 Å². The zero-order chi connectivity index (χ0) is 31.1. The van der Waals surface area contributed by atoms with Crippen molar-refractivity contribution in [2.45, 2.75) is 125 Å². The number of aliphatic carboxylic acids is 2. The maximum absolute atomic E-state index is 12.8. The molecule has 0 amide bonds. The van der Waals surface area contributed by atoms with E-state index in [1.54, 1.807) is 0 Å². The highest BCUT2D eigenvalue weighted by atomic mass is 32.2. The SMILES string of the molecule is O=C(OC1CCC(SC2CCC(OOCC3CCCC([N+](=O)[O-])C3C(=O)O)CC2)CC1)C1CCCC([N+](=O)[O-])C1C(=O)O. The number of hydrogen-bond acceptors (Lipinski definition) is 11. The molecule has 0 bridgehead atoms. The number of carboxylic acid groups (broad SMARTS) is 2. The van der Waals surface area contributed by atoms with Gasteiger partial charge in [0.2, 0.25) is 12.1 Å². The topological polar surface area (TPSA) is 206 Å². The van der Waals surface area contributed by atoms with Crippen LogP contribution < -0.4 is 0 Å². The number of carboxylic acids is 2. The van der Waals surface area contributed by atoms with Crippen LogP contribution in [0.1, 0.15) is 89.9 Å². The number of nitrogens with zero attached hydrogens (tertiary/aromatic N) is 2. The Morgan fingerprint density at radius 3 is 1.74 bits per heavy atom. The minimum atomic E-state index is -1.36. The Kier molecular flexibility index (Phi) is 12.0. The number of hydrogen-bond donors (Lipinski definition) is 2. The monoisotopic (exact) mass is 630 g/mol. The van der Waals surface area contributed by atoms with E-state index in [0.717, 1.165) is 38.5 Å². The second-order valence-electron chi connectivity index (χ2n) is 12.4. The highest BCUT2D eigenvalue weighted by Gasteiger charge is 2.50. The van der Waals surface area contributed by atoms with Gasteiger partial charge in [-0.15, -0.1) is 0 Å². The smallest absolute Gasteiger partial charge is 0.314 e. The summed E-state index contributed by atoms with van der Waals surface area (Å²) in [5.41, 5.74) is 0. The van der Waals surface area contributed by atoms with Crippen LogP contribution in [0.5, 0.6) is 0 Å². The molecule has 0 spiro atoms. The molecule has 14 nitrogen and oxygen atoms in total. The van der Waals surface area contributed by atoms with Gasteiger partial charge in [0, 0.05) is 39.1 Å². The summed E-state index contributed by atoms with van der Waals surface area (Å²) in [7, 11) is 0. The Labute approximate surface area is 253 Å². The standard InChI is InChI=1S/C28H42N2O12S/c31-26(32)24-16(3-1-5-22(24)29(36)37)15-40-42-18-9-13-20(14-10-18)43-19-11-7-17(8-12-19)41-28(35)21-4-2-6-23(30(38)39)25(21)27(33)34/h16-25H,1-15H2,(H,31,32)(H,33,34). The minimum absolute atomic E-state index is 0.0256. The first-order valence-electron chi connectivity index (χ1n) is 15.4. The second-order valence-corrected chi connectivity index (χ2v) is 14.0. The lowest BCUT2D eigenvalue weighted by atomic mass is 9.76. The van der Waals surface area contributed by atoms with Gasteiger partial charge in [-0.3, -0.25) is 34.6 Å². The molecule has 43 heavy (non-hydrogen) atoms. The predicted molar refractivity (Wildman–Crippen MR) is 151 cm³/mol. The van der Waals surface area contributed by atoms with Gasteiger partial charge in [-0.2, -0.15) is 11.8 Å². The van der Waals surface area contributed by atoms with Crippen molar-refractivity contribution in [1.82, 2.24) is 0 Å². The van der Waals surface area contributed by atoms with Gasteiger partial charge in [0.25, 0.3) is 0 Å². The Balaban J connectivity index is 1.13. The number of ether oxygens (including phenoxy) is 1. The van der Waals surface area contributed by atoms with Crippen LogP contribution in [0.3, 0.4) is 0 Å². The number of nitro groups is 2. The average molecular weight is 631 g/mol. The van der Waals surface area contributed by atoms with Crippen molar-refractivity contribution in [2.75, 3.05) is 6.61 Å². The summed E-state index contributed by atoms with van der Waals surface area (Å²) in [5, 5.41) is 42.6. The van der Waals surface area contributed by atoms with Crippen molar-refractivity contribution in [3.8, 4) is 0 Å². The van der Waals surface area contributed by atoms with E-state index in [1.807, 2.05) is 11.8 Å². The maximum atomic E-state index is 12.8. The maximum Gasteiger partial charge on any atom is 0.314 e. The molecule has 4 aliphatic rings. The van der Waals surface area contributed by atoms with Gasteiger partial charge in [-0.05, 0) is 77.0 Å². The largest absolute Gasteiger partial charge is 0.481 e. The summed E-state index contributed by atoms with van der Waals surface area (Å²) in [5.74, 6) is -7.00. The van der Waals surface area contributed by atoms with Crippen LogP contribution in [0, 0.1) is 43.9 Å². The molecule has 4 saturated carbocycles. The van der Waals surface area contributed by atoms with Crippen LogP contribution >= 0.6 is 11.8 Å². The number of carbonyl (C=O) groups excluding carboxylic acids is 1. The lowest BCUT2D eigenvalue weighted by molar-refractivity contribution is -0.536. The van der Waals surface area contributed by atoms with Crippen molar-refractivity contribution in [2.24, 2.45) is 23.7 Å². The molecule has 242 valence electrons. The average Bonchev–Trinajstić information content (AvgIpc) is 2.98. The van der Waals surface area contributed by atoms with Gasteiger partial charge in [-0.25, -0.2) is 9.78 Å². The molecule has 0 aromatic heterocycles. The molecule has 0 heterocycles. The van der Waals surface area contributed by atoms with E-state index < -0.39 is 63.5 Å². The summed E-state index contributed by atoms with van der Waals surface area (Å²) in [4.78, 5) is 68.9. The second kappa shape index (κ2) is 15.5. The molecule has 6 unspecified atom stereocenters. The van der Waals surface area contributed by atoms with E-state index in [4.69, 9.17) is 14.5 Å². The summed E-state index contributed by atoms with van der Waals surface area (Å²) < 4.78 is 5.68. The molecule has 0 saturated heterocycles. The molecular weight excluding hydrogens is 588 g/mol. The molecule has 4 aliphatic carbocycles. The Bertz CT molecular complexity index is 1010. The highest BCUT2D eigenvalue weighted by molar-refractivity contribution is 8.00. The van der Waals surface area contributed by atoms with Crippen molar-refractivity contribution in [1.29, 1.82) is 0 Å². The van der Waals surface area contributed by atoms with Gasteiger partial charge < -0.3 is 14.9 Å². The highest BCUT2D eigenvalue weighted by Crippen LogP contribution is 2.40. The first kappa shape index (κ1) is 33.4. The van der Waals surface area contributed by atoms with Crippen LogP contribution in [0.4, 0.5) is 0 Å². The number of rotatable bonds is 12. The molecular formula is C28H42N2O12S. The molecule has 4 rings (SSSR count). The van der Waals surface area contributed by atoms with E-state index in [9.17, 15) is 44.8 Å². The molecule has 0 radical (unpaired) electrons. The summed E-state index contributed by atoms with van der Waals surface area (Å²) >= 11 is 1.93. The van der Waals surface area contributed by atoms with Gasteiger partial charge in [0.15, 0.2) is 0 Å². The first-order valence-corrected chi connectivity index (χ1v) is 16.4. The summed E-state index contributed by atoms with van der Waals surface area (Å²) in [6.45, 7) is 0.0256. The first-order chi connectivity index (χ1) is 20.5. The minimum Gasteiger partial charge on any atom is -0.481 e. The Morgan fingerprint density at radius 2 is 1.21 bits per heavy atom. The fourth-order valence-electron chi connectivity index (χ4n) is 7.36. The molecule has 4 fully saturated rings. The fraction of sp³-hybridized carbons (Fsp3) is 0.893. The predicted octanol–water partition coefficient (Wildman–Crippen LogP) is 4.13. The normalized spacial score (nSPS) is 36.7. The zero-order valence-electron chi connectivity index (χ0n) is 24.2. The van der Waals surface area contributed by atoms with Gasteiger partial charge in [-0.1, -0.05) is 0 Å². The van der Waals surface area contributed by atoms with E-state index >= 15 is 0 Å². The van der Waals surface area contributed by atoms with Crippen molar-refractivity contribution >= 4 is 29.7 Å². The molecule has 0 aromatic carbocycles. The van der Waals surface area contributed by atoms with Crippen LogP contribution in [0.2, 0.25) is 0 Å². The van der Waals surface area contributed by atoms with Gasteiger partial charge >= 0.3 is 17.9 Å². The van der Waals surface area contributed by atoms with Crippen molar-refractivity contribution in [3.05, 3.63) is 20.2 Å². The number of thioether (sulfide) groups is 1. The molecule has 0 aromatic rings. The van der Waals surface area contributed by atoms with Crippen molar-refractivity contribution < 1.29 is 49.0 Å². The zero-order valence-corrected chi connectivity index (χ0v) is 25.0. The Morgan fingerprint density at radius 1 is 0.698 bits per heavy atom. The Hall–Kier alpha value is -2.52. The lowest BCUT2D eigenvalue weighted by Crippen LogP contribution is -2.46. The van der Waals surface area contributed by atoms with Crippen LogP contribution in [-0.2, 0) is 28.9 Å². The van der Waals surface area contributed by atoms with E-state index in [-0.39, 0.29) is 38.1 Å². The molecule has 6 atom stereocenters. The molecule has 15 heteroatoms. The summed E-state index contributed by atoms with van der Waals surface area (Å²) in [6, 6.07) is -2.37. The van der Waals surface area contributed by atoms with E-state index in [2.05, 4.69) is 0 Å². The van der Waals surface area contributed by atoms with Crippen LogP contribution in [0.15, 0.2) is 0 Å². The third-order valence-corrected chi connectivity index (χ3v) is 11.4. The van der Waals surface area contributed by atoms with Crippen LogP contribution in [-0.4, -0.2) is 79.4 Å². The fourth-order valence-corrected chi connectivity index (χ4v) is 8.99. The van der Waals surface area contributed by atoms with E-state index in [1.165, 1.54) is 0 Å². The lowest BCUT2D eigenvalue weighted by Gasteiger charge is -2.35. The molecule has 0 aliphatic heterocycles.